The van der Waals surface area contributed by atoms with E-state index in [-0.39, 0.29) is 12.1 Å². The van der Waals surface area contributed by atoms with Crippen LogP contribution in [0.3, 0.4) is 0 Å². The molecule has 5 nitrogen and oxygen atoms in total. The van der Waals surface area contributed by atoms with Crippen molar-refractivity contribution < 1.29 is 9.84 Å². The summed E-state index contributed by atoms with van der Waals surface area (Å²) in [6.45, 7) is 2.71. The first kappa shape index (κ1) is 13.1. The molecule has 1 saturated carbocycles. The van der Waals surface area contributed by atoms with E-state index in [1.807, 2.05) is 0 Å². The first-order chi connectivity index (χ1) is 8.79. The highest BCUT2D eigenvalue weighted by molar-refractivity contribution is 5.38. The standard InChI is InChI=1S/C13H21N3O2/c1-2-7-18-13-8-12(14-9-15-13)16-10-5-3-4-6-11(10)17/h8-11,17H,2-7H2,1H3,(H,14,15,16). The fourth-order valence-corrected chi connectivity index (χ4v) is 2.17. The van der Waals surface area contributed by atoms with Gasteiger partial charge in [0.1, 0.15) is 12.1 Å². The minimum atomic E-state index is -0.284. The molecule has 18 heavy (non-hydrogen) atoms. The number of aliphatic hydroxyl groups excluding tert-OH is 1. The van der Waals surface area contributed by atoms with Crippen LogP contribution in [0.25, 0.3) is 0 Å². The molecule has 2 atom stereocenters. The number of hydrogen-bond donors (Lipinski definition) is 2. The van der Waals surface area contributed by atoms with Crippen LogP contribution in [0.1, 0.15) is 39.0 Å². The summed E-state index contributed by atoms with van der Waals surface area (Å²) >= 11 is 0. The molecule has 1 aromatic rings. The maximum absolute atomic E-state index is 9.90. The van der Waals surface area contributed by atoms with E-state index in [0.717, 1.165) is 37.9 Å². The van der Waals surface area contributed by atoms with E-state index in [9.17, 15) is 5.11 Å². The van der Waals surface area contributed by atoms with Gasteiger partial charge in [0.15, 0.2) is 0 Å². The van der Waals surface area contributed by atoms with Gasteiger partial charge in [-0.1, -0.05) is 19.8 Å². The van der Waals surface area contributed by atoms with E-state index < -0.39 is 0 Å². The first-order valence-electron chi connectivity index (χ1n) is 6.69. The highest BCUT2D eigenvalue weighted by Crippen LogP contribution is 2.22. The van der Waals surface area contributed by atoms with E-state index in [1.165, 1.54) is 6.33 Å². The molecule has 2 rings (SSSR count). The number of aliphatic hydroxyl groups is 1. The second-order valence-corrected chi connectivity index (χ2v) is 4.69. The average molecular weight is 251 g/mol. The Morgan fingerprint density at radius 2 is 2.22 bits per heavy atom. The Kier molecular flexibility index (Phi) is 4.75. The van der Waals surface area contributed by atoms with Crippen molar-refractivity contribution in [3.05, 3.63) is 12.4 Å². The van der Waals surface area contributed by atoms with Gasteiger partial charge in [0, 0.05) is 6.07 Å². The van der Waals surface area contributed by atoms with E-state index in [2.05, 4.69) is 22.2 Å². The SMILES string of the molecule is CCCOc1cc(NC2CCCCC2O)ncn1. The Hall–Kier alpha value is -1.36. The predicted molar refractivity (Wildman–Crippen MR) is 69.7 cm³/mol. The molecule has 2 unspecified atom stereocenters. The lowest BCUT2D eigenvalue weighted by atomic mass is 9.93. The molecule has 100 valence electrons. The summed E-state index contributed by atoms with van der Waals surface area (Å²) < 4.78 is 5.46. The molecule has 0 saturated heterocycles. The maximum Gasteiger partial charge on any atom is 0.218 e. The molecule has 1 aromatic heterocycles. The van der Waals surface area contributed by atoms with Crippen molar-refractivity contribution in [1.82, 2.24) is 9.97 Å². The molecule has 1 fully saturated rings. The summed E-state index contributed by atoms with van der Waals surface area (Å²) in [7, 11) is 0. The molecule has 1 heterocycles. The second kappa shape index (κ2) is 6.54. The zero-order valence-electron chi connectivity index (χ0n) is 10.8. The zero-order valence-corrected chi connectivity index (χ0v) is 10.8. The van der Waals surface area contributed by atoms with Crippen molar-refractivity contribution in [3.8, 4) is 5.88 Å². The van der Waals surface area contributed by atoms with E-state index >= 15 is 0 Å². The Morgan fingerprint density at radius 1 is 1.39 bits per heavy atom. The Balaban J connectivity index is 1.95. The largest absolute Gasteiger partial charge is 0.478 e. The number of aromatic nitrogens is 2. The van der Waals surface area contributed by atoms with Crippen molar-refractivity contribution in [2.45, 2.75) is 51.2 Å². The second-order valence-electron chi connectivity index (χ2n) is 4.69. The van der Waals surface area contributed by atoms with Gasteiger partial charge in [-0.3, -0.25) is 0 Å². The van der Waals surface area contributed by atoms with E-state index in [1.54, 1.807) is 6.07 Å². The highest BCUT2D eigenvalue weighted by atomic mass is 16.5. The lowest BCUT2D eigenvalue weighted by molar-refractivity contribution is 0.116. The fourth-order valence-electron chi connectivity index (χ4n) is 2.17. The predicted octanol–water partition coefficient (Wildman–Crippen LogP) is 1.98. The summed E-state index contributed by atoms with van der Waals surface area (Å²) in [5.41, 5.74) is 0. The molecule has 0 radical (unpaired) electrons. The van der Waals surface area contributed by atoms with Gasteiger partial charge in [0.2, 0.25) is 5.88 Å². The number of ether oxygens (including phenoxy) is 1. The van der Waals surface area contributed by atoms with Crippen LogP contribution in [0.4, 0.5) is 5.82 Å². The average Bonchev–Trinajstić information content (AvgIpc) is 2.40. The monoisotopic (exact) mass is 251 g/mol. The van der Waals surface area contributed by atoms with Crippen LogP contribution in [-0.2, 0) is 0 Å². The molecule has 1 aliphatic rings. The normalized spacial score (nSPS) is 23.7. The van der Waals surface area contributed by atoms with Crippen LogP contribution in [0.5, 0.6) is 5.88 Å². The fraction of sp³-hybridized carbons (Fsp3) is 0.692. The van der Waals surface area contributed by atoms with Gasteiger partial charge in [0.05, 0.1) is 18.8 Å². The smallest absolute Gasteiger partial charge is 0.218 e. The van der Waals surface area contributed by atoms with Crippen molar-refractivity contribution in [2.75, 3.05) is 11.9 Å². The third-order valence-corrected chi connectivity index (χ3v) is 3.16. The van der Waals surface area contributed by atoms with Crippen LogP contribution in [0.15, 0.2) is 12.4 Å². The van der Waals surface area contributed by atoms with Gasteiger partial charge in [-0.2, -0.15) is 0 Å². The first-order valence-corrected chi connectivity index (χ1v) is 6.69. The van der Waals surface area contributed by atoms with Crippen LogP contribution >= 0.6 is 0 Å². The van der Waals surface area contributed by atoms with Gasteiger partial charge in [0.25, 0.3) is 0 Å². The minimum Gasteiger partial charge on any atom is -0.478 e. The molecule has 5 heteroatoms. The van der Waals surface area contributed by atoms with Gasteiger partial charge in [-0.05, 0) is 19.3 Å². The van der Waals surface area contributed by atoms with Gasteiger partial charge >= 0.3 is 0 Å². The third kappa shape index (κ3) is 3.57. The molecule has 0 aliphatic heterocycles. The summed E-state index contributed by atoms with van der Waals surface area (Å²) in [6, 6.07) is 1.88. The topological polar surface area (TPSA) is 67.3 Å². The van der Waals surface area contributed by atoms with Gasteiger partial charge < -0.3 is 15.2 Å². The molecular weight excluding hydrogens is 230 g/mol. The van der Waals surface area contributed by atoms with Crippen molar-refractivity contribution in [3.63, 3.8) is 0 Å². The van der Waals surface area contributed by atoms with Crippen LogP contribution < -0.4 is 10.1 Å². The van der Waals surface area contributed by atoms with Crippen LogP contribution in [-0.4, -0.2) is 33.8 Å². The van der Waals surface area contributed by atoms with Crippen molar-refractivity contribution >= 4 is 5.82 Å². The lowest BCUT2D eigenvalue weighted by Gasteiger charge is -2.28. The zero-order chi connectivity index (χ0) is 12.8. The molecule has 2 N–H and O–H groups in total. The summed E-state index contributed by atoms with van der Waals surface area (Å²) in [6.07, 6.45) is 6.26. The van der Waals surface area contributed by atoms with Crippen LogP contribution in [0, 0.1) is 0 Å². The van der Waals surface area contributed by atoms with Crippen molar-refractivity contribution in [1.29, 1.82) is 0 Å². The number of rotatable bonds is 5. The molecule has 0 spiro atoms. The molecule has 0 aromatic carbocycles. The number of hydrogen-bond acceptors (Lipinski definition) is 5. The maximum atomic E-state index is 9.90. The minimum absolute atomic E-state index is 0.0904. The molecule has 1 aliphatic carbocycles. The third-order valence-electron chi connectivity index (χ3n) is 3.16. The Labute approximate surface area is 108 Å². The van der Waals surface area contributed by atoms with E-state index in [4.69, 9.17) is 4.74 Å². The highest BCUT2D eigenvalue weighted by Gasteiger charge is 2.23. The Bertz CT molecular complexity index is 373. The van der Waals surface area contributed by atoms with Gasteiger partial charge in [-0.25, -0.2) is 9.97 Å². The molecule has 0 bridgehead atoms. The Morgan fingerprint density at radius 3 is 3.00 bits per heavy atom. The summed E-state index contributed by atoms with van der Waals surface area (Å²) in [4.78, 5) is 8.22. The number of nitrogens with zero attached hydrogens (tertiary/aromatic N) is 2. The van der Waals surface area contributed by atoms with Crippen LogP contribution in [0.2, 0.25) is 0 Å². The summed E-state index contributed by atoms with van der Waals surface area (Å²) in [5, 5.41) is 13.2. The van der Waals surface area contributed by atoms with Crippen molar-refractivity contribution in [2.24, 2.45) is 0 Å². The molecular formula is C13H21N3O2. The quantitative estimate of drug-likeness (QED) is 0.837. The lowest BCUT2D eigenvalue weighted by Crippen LogP contribution is -2.36. The number of anilines is 1. The number of nitrogens with one attached hydrogen (secondary N) is 1. The molecule has 0 amide bonds. The van der Waals surface area contributed by atoms with Gasteiger partial charge in [-0.15, -0.1) is 0 Å². The summed E-state index contributed by atoms with van der Waals surface area (Å²) in [5.74, 6) is 1.31. The van der Waals surface area contributed by atoms with E-state index in [0.29, 0.717) is 12.5 Å².